The molecule has 0 saturated carbocycles. The predicted molar refractivity (Wildman–Crippen MR) is 179 cm³/mol. The minimum absolute atomic E-state index is 0. The first-order valence-electron chi connectivity index (χ1n) is 15.6. The van der Waals surface area contributed by atoms with Gasteiger partial charge in [-0.25, -0.2) is 18.6 Å². The van der Waals surface area contributed by atoms with E-state index in [-0.39, 0.29) is 37.9 Å². The van der Waals surface area contributed by atoms with Crippen LogP contribution in [-0.4, -0.2) is 75.1 Å². The molecular weight excluding hydrogens is 638 g/mol. The number of rotatable bonds is 12. The Bertz CT molecular complexity index is 1600. The van der Waals surface area contributed by atoms with Gasteiger partial charge in [-0.15, -0.1) is 0 Å². The van der Waals surface area contributed by atoms with Gasteiger partial charge in [-0.05, 0) is 70.7 Å². The van der Waals surface area contributed by atoms with Crippen LogP contribution in [0.1, 0.15) is 72.1 Å². The molecule has 1 unspecified atom stereocenters. The topological polar surface area (TPSA) is 144 Å². The molecule has 4 amide bonds. The average molecular weight is 685 g/mol. The summed E-state index contributed by atoms with van der Waals surface area (Å²) >= 11 is 0. The Morgan fingerprint density at radius 1 is 0.959 bits per heavy atom. The molecule has 1 saturated heterocycles. The minimum atomic E-state index is -1.48. The van der Waals surface area contributed by atoms with E-state index in [9.17, 15) is 28.0 Å². The van der Waals surface area contributed by atoms with E-state index in [1.165, 1.54) is 37.0 Å². The lowest BCUT2D eigenvalue weighted by Gasteiger charge is -2.29. The maximum Gasteiger partial charge on any atom is 0.408 e. The summed E-state index contributed by atoms with van der Waals surface area (Å²) in [6, 6.07) is 10.2. The molecule has 4 rings (SSSR count). The van der Waals surface area contributed by atoms with Gasteiger partial charge in [0.25, 0.3) is 5.91 Å². The third kappa shape index (κ3) is 10.8. The van der Waals surface area contributed by atoms with E-state index in [1.807, 2.05) is 30.3 Å². The third-order valence-corrected chi connectivity index (χ3v) is 7.46. The molecule has 12 nitrogen and oxygen atoms in total. The van der Waals surface area contributed by atoms with E-state index in [0.717, 1.165) is 30.5 Å². The maximum absolute atomic E-state index is 14.2. The van der Waals surface area contributed by atoms with Crippen LogP contribution in [-0.2, 0) is 30.5 Å². The molecule has 2 atom stereocenters. The number of imidazole rings is 1. The average Bonchev–Trinajstić information content (AvgIpc) is 3.71. The van der Waals surface area contributed by atoms with Crippen LogP contribution >= 0.6 is 0 Å². The molecule has 14 heteroatoms. The number of hydrogen-bond donors (Lipinski definition) is 3. The number of alkyl carbamates (subject to hydrolysis) is 1. The number of halogens is 2. The highest BCUT2D eigenvalue weighted by molar-refractivity contribution is 5.98. The van der Waals surface area contributed by atoms with Crippen LogP contribution in [0.3, 0.4) is 0 Å². The van der Waals surface area contributed by atoms with Gasteiger partial charge in [0.05, 0.1) is 19.5 Å². The number of carbonyl (C=O) groups is 4. The number of amides is 4. The van der Waals surface area contributed by atoms with Crippen molar-refractivity contribution in [2.75, 3.05) is 25.0 Å². The van der Waals surface area contributed by atoms with Crippen molar-refractivity contribution in [2.24, 2.45) is 0 Å². The number of ether oxygens (including phenoxy) is 2. The lowest BCUT2D eigenvalue weighted by atomic mass is 10.0. The molecule has 1 aromatic heterocycles. The number of benzene rings is 2. The molecule has 3 aromatic rings. The van der Waals surface area contributed by atoms with E-state index >= 15 is 0 Å². The summed E-state index contributed by atoms with van der Waals surface area (Å²) < 4.78 is 40.5. The van der Waals surface area contributed by atoms with E-state index in [0.29, 0.717) is 13.1 Å². The van der Waals surface area contributed by atoms with Gasteiger partial charge in [0.2, 0.25) is 11.8 Å². The molecule has 2 heterocycles. The highest BCUT2D eigenvalue weighted by atomic mass is 19.2. The van der Waals surface area contributed by atoms with E-state index in [4.69, 9.17) is 9.47 Å². The van der Waals surface area contributed by atoms with Crippen LogP contribution < -0.4 is 16.0 Å². The maximum atomic E-state index is 14.2. The summed E-state index contributed by atoms with van der Waals surface area (Å²) in [5, 5.41) is 7.79. The zero-order chi connectivity index (χ0) is 35.1. The lowest BCUT2D eigenvalue weighted by Crippen LogP contribution is -2.59. The molecule has 0 bridgehead atoms. The molecule has 266 valence electrons. The van der Waals surface area contributed by atoms with Gasteiger partial charge in [0.1, 0.15) is 23.2 Å². The predicted octanol–water partition coefficient (Wildman–Crippen LogP) is 4.95. The van der Waals surface area contributed by atoms with Crippen molar-refractivity contribution in [3.8, 4) is 0 Å². The summed E-state index contributed by atoms with van der Waals surface area (Å²) in [6.45, 7) is 8.97. The number of likely N-dealkylation sites (tertiary alicyclic amines) is 1. The van der Waals surface area contributed by atoms with Crippen molar-refractivity contribution in [1.82, 2.24) is 25.1 Å². The molecule has 2 aromatic carbocycles. The number of aromatic nitrogens is 2. The van der Waals surface area contributed by atoms with Gasteiger partial charge in [0.15, 0.2) is 17.5 Å². The SMILES string of the molecule is C.CC(C)(C)OC(=O)NC(C)(C)C(=O)N[C@H](COCc1ccccc1)C(=O)Nc1cn(C(C(=O)N2CCCC2)c2ccc(F)c(F)c2)cn1. The molecule has 1 aliphatic rings. The number of nitrogens with one attached hydrogen (secondary N) is 3. The van der Waals surface area contributed by atoms with Crippen molar-refractivity contribution < 1.29 is 37.4 Å². The van der Waals surface area contributed by atoms with Crippen LogP contribution in [0.2, 0.25) is 0 Å². The molecule has 0 spiro atoms. The second kappa shape index (κ2) is 16.5. The highest BCUT2D eigenvalue weighted by Crippen LogP contribution is 2.26. The normalized spacial score (nSPS) is 14.3. The lowest BCUT2D eigenvalue weighted by molar-refractivity contribution is -0.132. The summed E-state index contributed by atoms with van der Waals surface area (Å²) in [5.41, 5.74) is -1.22. The zero-order valence-corrected chi connectivity index (χ0v) is 27.7. The smallest absolute Gasteiger partial charge is 0.408 e. The Morgan fingerprint density at radius 2 is 1.63 bits per heavy atom. The van der Waals surface area contributed by atoms with Crippen molar-refractivity contribution in [3.05, 3.63) is 83.8 Å². The van der Waals surface area contributed by atoms with Crippen molar-refractivity contribution in [3.63, 3.8) is 0 Å². The van der Waals surface area contributed by atoms with Gasteiger partial charge >= 0.3 is 6.09 Å². The van der Waals surface area contributed by atoms with Gasteiger partial charge in [-0.2, -0.15) is 0 Å². The number of nitrogens with zero attached hydrogens (tertiary/aromatic N) is 3. The second-order valence-corrected chi connectivity index (χ2v) is 13.1. The Labute approximate surface area is 285 Å². The Morgan fingerprint density at radius 3 is 2.27 bits per heavy atom. The number of carbonyl (C=O) groups excluding carboxylic acids is 4. The monoisotopic (exact) mass is 684 g/mol. The quantitative estimate of drug-likeness (QED) is 0.245. The van der Waals surface area contributed by atoms with E-state index < -0.39 is 52.8 Å². The van der Waals surface area contributed by atoms with Crippen LogP contribution in [0.4, 0.5) is 19.4 Å². The Balaban J connectivity index is 0.00000650. The fraction of sp³-hybridized carbons (Fsp3) is 0.457. The van der Waals surface area contributed by atoms with Gasteiger partial charge in [-0.1, -0.05) is 43.8 Å². The van der Waals surface area contributed by atoms with Crippen LogP contribution in [0.5, 0.6) is 0 Å². The van der Waals surface area contributed by atoms with Crippen LogP contribution in [0.25, 0.3) is 0 Å². The Hall–Kier alpha value is -4.85. The first-order chi connectivity index (χ1) is 22.6. The largest absolute Gasteiger partial charge is 0.444 e. The fourth-order valence-electron chi connectivity index (χ4n) is 5.00. The number of hydrogen-bond acceptors (Lipinski definition) is 7. The minimum Gasteiger partial charge on any atom is -0.444 e. The van der Waals surface area contributed by atoms with Gasteiger partial charge < -0.3 is 34.9 Å². The van der Waals surface area contributed by atoms with Crippen LogP contribution in [0, 0.1) is 11.6 Å². The first-order valence-corrected chi connectivity index (χ1v) is 15.6. The molecule has 1 aliphatic heterocycles. The molecule has 49 heavy (non-hydrogen) atoms. The molecular formula is C35H46F2N6O6. The summed E-state index contributed by atoms with van der Waals surface area (Å²) in [4.78, 5) is 58.7. The summed E-state index contributed by atoms with van der Waals surface area (Å²) in [5.74, 6) is -3.81. The summed E-state index contributed by atoms with van der Waals surface area (Å²) in [6.07, 6.45) is 3.54. The molecule has 0 radical (unpaired) electrons. The highest BCUT2D eigenvalue weighted by Gasteiger charge is 2.35. The zero-order valence-electron chi connectivity index (χ0n) is 27.7. The standard InChI is InChI=1S/C34H42F2N6O6.CH4/c1-33(2,3)48-32(46)40-34(4,5)31(45)38-26(20-47-19-22-11-7-6-8-12-22)29(43)39-27-18-42(21-37-27)28(30(44)41-15-9-10-16-41)23-13-14-24(35)25(36)17-23;/h6-8,11-14,17-18,21,26,28H,9-10,15-16,19-20H2,1-5H3,(H,38,45)(H,39,43)(H,40,46);1H4/t26-,28?;/m1./s1. The molecule has 3 N–H and O–H groups in total. The van der Waals surface area contributed by atoms with Crippen molar-refractivity contribution in [2.45, 2.75) is 84.7 Å². The fourth-order valence-corrected chi connectivity index (χ4v) is 5.00. The van der Waals surface area contributed by atoms with Gasteiger partial charge in [0, 0.05) is 19.3 Å². The second-order valence-electron chi connectivity index (χ2n) is 13.1. The van der Waals surface area contributed by atoms with E-state index in [1.54, 1.807) is 25.7 Å². The van der Waals surface area contributed by atoms with Crippen LogP contribution in [0.15, 0.2) is 61.1 Å². The van der Waals surface area contributed by atoms with Crippen molar-refractivity contribution in [1.29, 1.82) is 0 Å². The molecule has 0 aliphatic carbocycles. The third-order valence-electron chi connectivity index (χ3n) is 7.46. The first kappa shape index (κ1) is 38.6. The van der Waals surface area contributed by atoms with Gasteiger partial charge in [-0.3, -0.25) is 14.4 Å². The Kier molecular flexibility index (Phi) is 13.0. The summed E-state index contributed by atoms with van der Waals surface area (Å²) in [7, 11) is 0. The van der Waals surface area contributed by atoms with Crippen molar-refractivity contribution >= 4 is 29.6 Å². The molecule has 1 fully saturated rings. The van der Waals surface area contributed by atoms with E-state index in [2.05, 4.69) is 20.9 Å². The number of anilines is 1.